The lowest BCUT2D eigenvalue weighted by atomic mass is 9.12. The van der Waals surface area contributed by atoms with Crippen LogP contribution in [-0.4, -0.2) is 21.8 Å². The van der Waals surface area contributed by atoms with Crippen molar-refractivity contribution < 1.29 is 0 Å². The molecular weight excluding hydrogens is 249 g/mol. The van der Waals surface area contributed by atoms with E-state index in [0.29, 0.717) is 21.3 Å². The second kappa shape index (κ2) is 6.01. The summed E-state index contributed by atoms with van der Waals surface area (Å²) in [4.78, 5) is 0. The van der Waals surface area contributed by atoms with E-state index in [1.54, 1.807) is 0 Å². The van der Waals surface area contributed by atoms with E-state index in [9.17, 15) is 0 Å². The number of hydrogen-bond acceptors (Lipinski definition) is 0. The van der Waals surface area contributed by atoms with Crippen LogP contribution in [0.4, 0.5) is 0 Å². The van der Waals surface area contributed by atoms with Gasteiger partial charge in [0.1, 0.15) is 21.8 Å². The Hall–Kier alpha value is 0.195. The first-order valence-electron chi connectivity index (χ1n) is 9.09. The lowest BCUT2D eigenvalue weighted by Crippen LogP contribution is -2.47. The molecule has 0 N–H and O–H groups in total. The molecule has 2 heterocycles. The van der Waals surface area contributed by atoms with Crippen LogP contribution in [0.2, 0.25) is 23.1 Å². The second-order valence-corrected chi connectivity index (χ2v) is 10.3. The second-order valence-electron chi connectivity index (χ2n) is 10.3. The highest BCUT2D eigenvalue weighted by molar-refractivity contribution is 6.73. The first-order chi connectivity index (χ1) is 9.54. The van der Waals surface area contributed by atoms with Crippen LogP contribution in [0.15, 0.2) is 0 Å². The molecule has 0 amide bonds. The van der Waals surface area contributed by atoms with Crippen molar-refractivity contribution in [2.24, 2.45) is 10.8 Å². The topological polar surface area (TPSA) is 0 Å². The Morgan fingerprint density at radius 1 is 0.714 bits per heavy atom. The van der Waals surface area contributed by atoms with Crippen LogP contribution < -0.4 is 0 Å². The first kappa shape index (κ1) is 17.5. The summed E-state index contributed by atoms with van der Waals surface area (Å²) < 4.78 is 0. The molecule has 21 heavy (non-hydrogen) atoms. The maximum Gasteiger partial charge on any atom is 0.108 e. The normalized spacial score (nSPS) is 33.2. The summed E-state index contributed by atoms with van der Waals surface area (Å²) in [5, 5.41) is 0.885. The zero-order chi connectivity index (χ0) is 15.8. The van der Waals surface area contributed by atoms with E-state index in [0.717, 1.165) is 0 Å². The van der Waals surface area contributed by atoms with Crippen LogP contribution in [-0.2, 0) is 0 Å². The minimum atomic E-state index is 0.426. The van der Waals surface area contributed by atoms with Gasteiger partial charge in [0.25, 0.3) is 0 Å². The summed E-state index contributed by atoms with van der Waals surface area (Å²) in [6, 6.07) is 0. The fourth-order valence-electron chi connectivity index (χ4n) is 4.15. The Balaban J connectivity index is 2.01. The zero-order valence-corrected chi connectivity index (χ0v) is 15.4. The van der Waals surface area contributed by atoms with Gasteiger partial charge in [0.05, 0.1) is 0 Å². The van der Waals surface area contributed by atoms with E-state index in [2.05, 4.69) is 63.4 Å². The lowest BCUT2D eigenvalue weighted by molar-refractivity contribution is 0.381. The summed E-state index contributed by atoms with van der Waals surface area (Å²) in [5.41, 5.74) is 0.852. The summed E-state index contributed by atoms with van der Waals surface area (Å²) in [6.45, 7) is 14.2. The Morgan fingerprint density at radius 3 is 1.33 bits per heavy atom. The van der Waals surface area contributed by atoms with E-state index >= 15 is 0 Å². The van der Waals surface area contributed by atoms with Crippen molar-refractivity contribution >= 4 is 21.8 Å². The number of hydrogen-bond donors (Lipinski definition) is 0. The van der Waals surface area contributed by atoms with Crippen LogP contribution in [0.3, 0.4) is 0 Å². The molecule has 0 aromatic carbocycles. The molecule has 2 aliphatic rings. The molecular formula is C18H34B3. The maximum absolute atomic E-state index is 2.78. The first-order valence-corrected chi connectivity index (χ1v) is 9.09. The highest BCUT2D eigenvalue weighted by Gasteiger charge is 2.48. The molecule has 115 valence electrons. The summed E-state index contributed by atoms with van der Waals surface area (Å²) >= 11 is 0. The van der Waals surface area contributed by atoms with Crippen molar-refractivity contribution in [3.63, 3.8) is 0 Å². The molecule has 0 aromatic rings. The molecule has 0 atom stereocenters. The highest BCUT2D eigenvalue weighted by atomic mass is 14.3. The van der Waals surface area contributed by atoms with E-state index in [1.807, 2.05) is 0 Å². The SMILES string of the molecule is CC(C)(C)C[B]C12[B]C([B]CC(C)(C)C)(CCC1)CCC2. The Morgan fingerprint density at radius 2 is 1.05 bits per heavy atom. The molecule has 0 spiro atoms. The van der Waals surface area contributed by atoms with Crippen molar-refractivity contribution in [2.45, 2.75) is 103 Å². The standard InChI is InChI=1S/C18H34B3/c1-15(2,3)13-19-17-9-7-11-18(21-17,12-8-10-17)20-14-16(4,5)6/h7-14H2,1-6H3. The molecule has 2 aliphatic heterocycles. The van der Waals surface area contributed by atoms with E-state index < -0.39 is 0 Å². The van der Waals surface area contributed by atoms with Crippen LogP contribution >= 0.6 is 0 Å². The van der Waals surface area contributed by atoms with Gasteiger partial charge in [-0.2, -0.15) is 0 Å². The van der Waals surface area contributed by atoms with Gasteiger partial charge < -0.3 is 0 Å². The maximum atomic E-state index is 2.78. The van der Waals surface area contributed by atoms with Gasteiger partial charge in [-0.15, -0.1) is 0 Å². The summed E-state index contributed by atoms with van der Waals surface area (Å²) in [7, 11) is 8.15. The number of fused-ring (bicyclic) bond motifs is 2. The molecule has 3 heteroatoms. The third kappa shape index (κ3) is 5.10. The summed E-state index contributed by atoms with van der Waals surface area (Å²) in [5.74, 6) is 0. The number of rotatable bonds is 4. The van der Waals surface area contributed by atoms with Gasteiger partial charge in [-0.25, -0.2) is 0 Å². The van der Waals surface area contributed by atoms with E-state index in [-0.39, 0.29) is 0 Å². The Labute approximate surface area is 136 Å². The average molecular weight is 283 g/mol. The predicted molar refractivity (Wildman–Crippen MR) is 98.9 cm³/mol. The summed E-state index contributed by atoms with van der Waals surface area (Å²) in [6.07, 6.45) is 10.9. The average Bonchev–Trinajstić information content (AvgIpc) is 2.33. The molecule has 3 radical (unpaired) electrons. The van der Waals surface area contributed by atoms with E-state index in [1.165, 1.54) is 51.2 Å². The van der Waals surface area contributed by atoms with Crippen molar-refractivity contribution in [3.8, 4) is 0 Å². The molecule has 2 saturated heterocycles. The van der Waals surface area contributed by atoms with Crippen LogP contribution in [0.5, 0.6) is 0 Å². The molecule has 0 nitrogen and oxygen atoms in total. The molecule has 2 fully saturated rings. The van der Waals surface area contributed by atoms with Gasteiger partial charge in [-0.1, -0.05) is 103 Å². The Bertz CT molecular complexity index is 306. The quantitative estimate of drug-likeness (QED) is 0.586. The molecule has 0 saturated carbocycles. The van der Waals surface area contributed by atoms with Gasteiger partial charge >= 0.3 is 0 Å². The smallest absolute Gasteiger partial charge is 0.0832 e. The van der Waals surface area contributed by atoms with Crippen molar-refractivity contribution in [2.75, 3.05) is 0 Å². The molecule has 0 unspecified atom stereocenters. The van der Waals surface area contributed by atoms with Crippen LogP contribution in [0, 0.1) is 10.8 Å². The van der Waals surface area contributed by atoms with Crippen molar-refractivity contribution in [1.82, 2.24) is 0 Å². The fourth-order valence-corrected chi connectivity index (χ4v) is 4.15. The molecule has 0 aliphatic carbocycles. The highest BCUT2D eigenvalue weighted by Crippen LogP contribution is 2.58. The minimum absolute atomic E-state index is 0.426. The zero-order valence-electron chi connectivity index (χ0n) is 15.4. The van der Waals surface area contributed by atoms with Gasteiger partial charge in [0.2, 0.25) is 0 Å². The van der Waals surface area contributed by atoms with Crippen molar-refractivity contribution in [1.29, 1.82) is 0 Å². The van der Waals surface area contributed by atoms with Gasteiger partial charge in [-0.05, 0) is 10.8 Å². The monoisotopic (exact) mass is 283 g/mol. The molecule has 0 aromatic heterocycles. The van der Waals surface area contributed by atoms with Gasteiger partial charge in [-0.3, -0.25) is 0 Å². The van der Waals surface area contributed by atoms with Crippen LogP contribution in [0.25, 0.3) is 0 Å². The van der Waals surface area contributed by atoms with Crippen molar-refractivity contribution in [3.05, 3.63) is 0 Å². The third-order valence-electron chi connectivity index (χ3n) is 5.39. The molecule has 2 rings (SSSR count). The van der Waals surface area contributed by atoms with Gasteiger partial charge in [0, 0.05) is 0 Å². The Kier molecular flexibility index (Phi) is 5.02. The lowest BCUT2D eigenvalue weighted by Gasteiger charge is -2.53. The van der Waals surface area contributed by atoms with Crippen LogP contribution in [0.1, 0.15) is 80.1 Å². The fraction of sp³-hybridized carbons (Fsp3) is 1.00. The largest absolute Gasteiger partial charge is 0.108 e. The van der Waals surface area contributed by atoms with E-state index in [4.69, 9.17) is 0 Å². The third-order valence-corrected chi connectivity index (χ3v) is 5.39. The van der Waals surface area contributed by atoms with Gasteiger partial charge in [0.15, 0.2) is 0 Å². The predicted octanol–water partition coefficient (Wildman–Crippen LogP) is 5.63. The molecule has 2 bridgehead atoms. The minimum Gasteiger partial charge on any atom is -0.0832 e.